The van der Waals surface area contributed by atoms with Gasteiger partial charge in [-0.05, 0) is 25.8 Å². The molecule has 1 aliphatic rings. The van der Waals surface area contributed by atoms with Gasteiger partial charge in [-0.25, -0.2) is 14.6 Å². The number of hydrogen-bond donors (Lipinski definition) is 0. The molecule has 130 valence electrons. The molecule has 1 fully saturated rings. The van der Waals surface area contributed by atoms with Crippen molar-refractivity contribution in [1.82, 2.24) is 19.7 Å². The van der Waals surface area contributed by atoms with E-state index >= 15 is 0 Å². The van der Waals surface area contributed by atoms with E-state index < -0.39 is 11.9 Å². The van der Waals surface area contributed by atoms with Crippen LogP contribution in [0.2, 0.25) is 0 Å². The highest BCUT2D eigenvalue weighted by molar-refractivity contribution is 5.44. The van der Waals surface area contributed by atoms with Gasteiger partial charge in [-0.2, -0.15) is 18.3 Å². The average Bonchev–Trinajstić information content (AvgIpc) is 3.10. The summed E-state index contributed by atoms with van der Waals surface area (Å²) in [7, 11) is 3.33. The van der Waals surface area contributed by atoms with E-state index in [9.17, 15) is 13.2 Å². The van der Waals surface area contributed by atoms with Gasteiger partial charge in [0.25, 0.3) is 0 Å². The van der Waals surface area contributed by atoms with Crippen molar-refractivity contribution < 1.29 is 17.9 Å². The molecule has 1 saturated heterocycles. The second-order valence-corrected chi connectivity index (χ2v) is 5.72. The number of anilines is 1. The van der Waals surface area contributed by atoms with Crippen molar-refractivity contribution in [2.45, 2.75) is 32.0 Å². The van der Waals surface area contributed by atoms with Crippen LogP contribution in [-0.2, 0) is 13.2 Å². The molecule has 24 heavy (non-hydrogen) atoms. The van der Waals surface area contributed by atoms with Crippen LogP contribution in [0.4, 0.5) is 19.1 Å². The van der Waals surface area contributed by atoms with Gasteiger partial charge < -0.3 is 9.64 Å². The Kier molecular flexibility index (Phi) is 4.10. The summed E-state index contributed by atoms with van der Waals surface area (Å²) in [4.78, 5) is 9.56. The van der Waals surface area contributed by atoms with Gasteiger partial charge in [0.05, 0.1) is 24.4 Å². The van der Waals surface area contributed by atoms with E-state index in [1.165, 1.54) is 0 Å². The average molecular weight is 341 g/mol. The molecule has 0 saturated carbocycles. The highest BCUT2D eigenvalue weighted by Crippen LogP contribution is 2.40. The van der Waals surface area contributed by atoms with Crippen LogP contribution in [0.1, 0.15) is 35.8 Å². The fourth-order valence-corrected chi connectivity index (χ4v) is 3.23. The molecule has 0 N–H and O–H groups in total. The van der Waals surface area contributed by atoms with Gasteiger partial charge in [0.2, 0.25) is 11.8 Å². The third kappa shape index (κ3) is 2.78. The van der Waals surface area contributed by atoms with E-state index in [1.807, 2.05) is 6.92 Å². The number of aryl methyl sites for hydroxylation is 2. The fraction of sp³-hybridized carbons (Fsp3) is 0.533. The first-order chi connectivity index (χ1) is 11.3. The third-order valence-corrected chi connectivity index (χ3v) is 4.18. The molecule has 0 aliphatic carbocycles. The molecule has 0 amide bonds. The molecule has 0 bridgehead atoms. The van der Waals surface area contributed by atoms with Crippen LogP contribution in [-0.4, -0.2) is 33.4 Å². The minimum atomic E-state index is -4.49. The van der Waals surface area contributed by atoms with Gasteiger partial charge in [0.1, 0.15) is 5.69 Å². The Balaban J connectivity index is 2.01. The number of ether oxygens (including phenoxy) is 1. The topological polar surface area (TPSA) is 56.1 Å². The number of nitrogens with zero attached hydrogens (tertiary/aromatic N) is 5. The Morgan fingerprint density at radius 2 is 2.08 bits per heavy atom. The molecule has 0 radical (unpaired) electrons. The van der Waals surface area contributed by atoms with Gasteiger partial charge in [0.15, 0.2) is 0 Å². The van der Waals surface area contributed by atoms with Gasteiger partial charge in [-0.1, -0.05) is 0 Å². The first-order valence-electron chi connectivity index (χ1n) is 7.57. The number of methoxy groups -OCH3 is 1. The zero-order chi connectivity index (χ0) is 17.5. The molecule has 2 aromatic heterocycles. The van der Waals surface area contributed by atoms with E-state index in [0.717, 1.165) is 36.4 Å². The van der Waals surface area contributed by atoms with Gasteiger partial charge in [0, 0.05) is 19.8 Å². The second kappa shape index (κ2) is 5.95. The van der Waals surface area contributed by atoms with Crippen molar-refractivity contribution in [1.29, 1.82) is 0 Å². The van der Waals surface area contributed by atoms with Crippen molar-refractivity contribution in [2.75, 3.05) is 18.6 Å². The van der Waals surface area contributed by atoms with E-state index in [0.29, 0.717) is 12.4 Å². The summed E-state index contributed by atoms with van der Waals surface area (Å²) in [5.74, 6) is 0.689. The molecule has 0 spiro atoms. The summed E-state index contributed by atoms with van der Waals surface area (Å²) < 4.78 is 45.8. The van der Waals surface area contributed by atoms with Crippen LogP contribution in [0.3, 0.4) is 0 Å². The molecule has 3 rings (SSSR count). The Morgan fingerprint density at radius 3 is 2.75 bits per heavy atom. The summed E-state index contributed by atoms with van der Waals surface area (Å²) >= 11 is 0. The first kappa shape index (κ1) is 16.5. The van der Waals surface area contributed by atoms with Gasteiger partial charge in [-0.3, -0.25) is 0 Å². The number of aromatic nitrogens is 4. The van der Waals surface area contributed by atoms with E-state index in [-0.39, 0.29) is 12.0 Å². The minimum Gasteiger partial charge on any atom is -0.481 e. The summed E-state index contributed by atoms with van der Waals surface area (Å²) in [6, 6.07) is 0.724. The molecular weight excluding hydrogens is 323 g/mol. The Hall–Kier alpha value is -2.32. The van der Waals surface area contributed by atoms with E-state index in [4.69, 9.17) is 4.74 Å². The van der Waals surface area contributed by atoms with Crippen molar-refractivity contribution in [3.8, 4) is 5.88 Å². The molecule has 1 aliphatic heterocycles. The molecule has 9 heteroatoms. The first-order valence-corrected chi connectivity index (χ1v) is 7.57. The van der Waals surface area contributed by atoms with Gasteiger partial charge >= 0.3 is 6.18 Å². The monoisotopic (exact) mass is 341 g/mol. The van der Waals surface area contributed by atoms with Crippen molar-refractivity contribution in [3.63, 3.8) is 0 Å². The molecular formula is C15H18F3N5O. The van der Waals surface area contributed by atoms with Crippen LogP contribution in [0.5, 0.6) is 5.88 Å². The number of hydrogen-bond acceptors (Lipinski definition) is 5. The minimum absolute atomic E-state index is 0.0811. The molecule has 3 heterocycles. The van der Waals surface area contributed by atoms with Crippen LogP contribution in [0, 0.1) is 6.92 Å². The lowest BCUT2D eigenvalue weighted by atomic mass is 10.1. The lowest BCUT2D eigenvalue weighted by Crippen LogP contribution is -2.26. The normalized spacial score (nSPS) is 18.2. The summed E-state index contributed by atoms with van der Waals surface area (Å²) in [6.45, 7) is 2.45. The molecule has 2 aromatic rings. The highest BCUT2D eigenvalue weighted by atomic mass is 19.4. The zero-order valence-electron chi connectivity index (χ0n) is 13.6. The Morgan fingerprint density at radius 1 is 1.33 bits per heavy atom. The second-order valence-electron chi connectivity index (χ2n) is 5.72. The maximum Gasteiger partial charge on any atom is 0.433 e. The smallest absolute Gasteiger partial charge is 0.433 e. The predicted octanol–water partition coefficient (Wildman–Crippen LogP) is 2.89. The van der Waals surface area contributed by atoms with Crippen LogP contribution in [0.25, 0.3) is 0 Å². The third-order valence-electron chi connectivity index (χ3n) is 4.18. The van der Waals surface area contributed by atoms with Crippen LogP contribution >= 0.6 is 0 Å². The van der Waals surface area contributed by atoms with Crippen LogP contribution in [0.15, 0.2) is 12.3 Å². The predicted molar refractivity (Wildman–Crippen MR) is 80.9 cm³/mol. The van der Waals surface area contributed by atoms with Crippen molar-refractivity contribution in [3.05, 3.63) is 29.2 Å². The molecule has 6 nitrogen and oxygen atoms in total. The highest BCUT2D eigenvalue weighted by Gasteiger charge is 2.36. The maximum absolute atomic E-state index is 12.9. The maximum atomic E-state index is 12.9. The van der Waals surface area contributed by atoms with Crippen molar-refractivity contribution in [2.24, 2.45) is 7.05 Å². The fourth-order valence-electron chi connectivity index (χ4n) is 3.23. The molecule has 0 aromatic carbocycles. The lowest BCUT2D eigenvalue weighted by molar-refractivity contribution is -0.141. The van der Waals surface area contributed by atoms with Crippen LogP contribution < -0.4 is 9.64 Å². The largest absolute Gasteiger partial charge is 0.481 e. The molecule has 1 atom stereocenters. The SMILES string of the molecule is COc1c([C@H]2CCCN2c2nccc(C(F)(F)F)n2)c(C)nn1C. The number of halogens is 3. The van der Waals surface area contributed by atoms with Crippen molar-refractivity contribution >= 4 is 5.95 Å². The zero-order valence-corrected chi connectivity index (χ0v) is 13.6. The standard InChI is InChI=1S/C15H18F3N5O/c1-9-12(13(24-3)22(2)21-9)10-5-4-8-23(10)14-19-7-6-11(20-14)15(16,17)18/h6-7,10H,4-5,8H2,1-3H3/t10-/m1/s1. The quantitative estimate of drug-likeness (QED) is 0.859. The molecule has 0 unspecified atom stereocenters. The number of alkyl halides is 3. The van der Waals surface area contributed by atoms with Gasteiger partial charge in [-0.15, -0.1) is 0 Å². The lowest BCUT2D eigenvalue weighted by Gasteiger charge is -2.25. The van der Waals surface area contributed by atoms with E-state index in [2.05, 4.69) is 15.1 Å². The van der Waals surface area contributed by atoms with E-state index in [1.54, 1.807) is 23.7 Å². The Labute approximate surface area is 137 Å². The summed E-state index contributed by atoms with van der Waals surface area (Å²) in [6.07, 6.45) is -1.73. The Bertz CT molecular complexity index is 743. The summed E-state index contributed by atoms with van der Waals surface area (Å²) in [5.41, 5.74) is 0.727. The summed E-state index contributed by atoms with van der Waals surface area (Å²) in [5, 5.41) is 4.36. The number of rotatable bonds is 3.